The molecule has 1 rings (SSSR count). The van der Waals surface area contributed by atoms with E-state index in [9.17, 15) is 8.42 Å². The highest BCUT2D eigenvalue weighted by Gasteiger charge is 2.27. The van der Waals surface area contributed by atoms with E-state index in [0.717, 1.165) is 25.7 Å². The van der Waals surface area contributed by atoms with Gasteiger partial charge in [-0.25, -0.2) is 12.7 Å². The fraction of sp³-hybridized carbons (Fsp3) is 0.923. The third-order valence-electron chi connectivity index (χ3n) is 3.62. The quantitative estimate of drug-likeness (QED) is 0.746. The molecule has 18 heavy (non-hydrogen) atoms. The maximum Gasteiger partial charge on any atom is 0.214 e. The first kappa shape index (κ1) is 15.5. The third kappa shape index (κ3) is 4.58. The molecular formula is C13H24N2O2S. The minimum Gasteiger partial charge on any atom is -0.212 e. The zero-order chi connectivity index (χ0) is 13.6. The van der Waals surface area contributed by atoms with Gasteiger partial charge in [0.1, 0.15) is 0 Å². The summed E-state index contributed by atoms with van der Waals surface area (Å²) in [4.78, 5) is 0. The van der Waals surface area contributed by atoms with E-state index in [-0.39, 0.29) is 11.7 Å². The van der Waals surface area contributed by atoms with Crippen LogP contribution in [-0.2, 0) is 10.0 Å². The van der Waals surface area contributed by atoms with Gasteiger partial charge in [-0.1, -0.05) is 26.2 Å². The Morgan fingerprint density at radius 3 is 2.44 bits per heavy atom. The molecule has 1 aliphatic rings. The van der Waals surface area contributed by atoms with Crippen LogP contribution < -0.4 is 0 Å². The Kier molecular flexibility index (Phi) is 6.10. The maximum absolute atomic E-state index is 12.3. The summed E-state index contributed by atoms with van der Waals surface area (Å²) in [7, 11) is -3.19. The van der Waals surface area contributed by atoms with Crippen molar-refractivity contribution >= 4 is 10.0 Å². The van der Waals surface area contributed by atoms with Crippen molar-refractivity contribution in [2.75, 3.05) is 18.8 Å². The van der Waals surface area contributed by atoms with E-state index in [1.807, 2.05) is 6.92 Å². The second-order valence-corrected chi connectivity index (χ2v) is 7.28. The van der Waals surface area contributed by atoms with E-state index in [0.29, 0.717) is 19.0 Å². The molecule has 0 heterocycles. The Morgan fingerprint density at radius 1 is 1.33 bits per heavy atom. The zero-order valence-electron chi connectivity index (χ0n) is 11.4. The van der Waals surface area contributed by atoms with Crippen LogP contribution >= 0.6 is 0 Å². The van der Waals surface area contributed by atoms with Crippen molar-refractivity contribution in [1.29, 1.82) is 5.26 Å². The molecule has 1 unspecified atom stereocenters. The van der Waals surface area contributed by atoms with Gasteiger partial charge in [0.05, 0.1) is 17.7 Å². The SMILES string of the molecule is CCN(CC(C)C#N)S(=O)(=O)CC1CCCCC1. The first-order valence-corrected chi connectivity index (χ1v) is 8.48. The second-order valence-electron chi connectivity index (χ2n) is 5.26. The molecule has 1 fully saturated rings. The summed E-state index contributed by atoms with van der Waals surface area (Å²) in [5, 5.41) is 8.79. The molecule has 0 aromatic rings. The van der Waals surface area contributed by atoms with E-state index in [1.54, 1.807) is 6.92 Å². The molecule has 5 heteroatoms. The van der Waals surface area contributed by atoms with Gasteiger partial charge >= 0.3 is 0 Å². The molecular weight excluding hydrogens is 248 g/mol. The maximum atomic E-state index is 12.3. The van der Waals surface area contributed by atoms with Crippen molar-refractivity contribution in [3.05, 3.63) is 0 Å². The summed E-state index contributed by atoms with van der Waals surface area (Å²) in [6.45, 7) is 4.38. The highest BCUT2D eigenvalue weighted by Crippen LogP contribution is 2.25. The van der Waals surface area contributed by atoms with Crippen LogP contribution in [-0.4, -0.2) is 31.6 Å². The first-order valence-electron chi connectivity index (χ1n) is 6.87. The highest BCUT2D eigenvalue weighted by atomic mass is 32.2. The molecule has 1 aliphatic carbocycles. The molecule has 0 N–H and O–H groups in total. The second kappa shape index (κ2) is 7.10. The summed E-state index contributed by atoms with van der Waals surface area (Å²) in [6, 6.07) is 2.10. The fourth-order valence-corrected chi connectivity index (χ4v) is 4.53. The van der Waals surface area contributed by atoms with Gasteiger partial charge in [-0.05, 0) is 25.7 Å². The molecule has 0 bridgehead atoms. The summed E-state index contributed by atoms with van der Waals surface area (Å²) >= 11 is 0. The van der Waals surface area contributed by atoms with Crippen LogP contribution in [0.4, 0.5) is 0 Å². The molecule has 0 aliphatic heterocycles. The summed E-state index contributed by atoms with van der Waals surface area (Å²) < 4.78 is 26.1. The van der Waals surface area contributed by atoms with Gasteiger partial charge < -0.3 is 0 Å². The Balaban J connectivity index is 2.61. The van der Waals surface area contributed by atoms with Gasteiger partial charge in [-0.3, -0.25) is 0 Å². The lowest BCUT2D eigenvalue weighted by atomic mass is 9.91. The van der Waals surface area contributed by atoms with Crippen LogP contribution in [0.3, 0.4) is 0 Å². The van der Waals surface area contributed by atoms with E-state index in [2.05, 4.69) is 6.07 Å². The van der Waals surface area contributed by atoms with Gasteiger partial charge in [0.2, 0.25) is 10.0 Å². The van der Waals surface area contributed by atoms with Gasteiger partial charge in [0.15, 0.2) is 0 Å². The Labute approximate surface area is 111 Å². The lowest BCUT2D eigenvalue weighted by molar-refractivity contribution is 0.361. The van der Waals surface area contributed by atoms with E-state index < -0.39 is 10.0 Å². The summed E-state index contributed by atoms with van der Waals surface area (Å²) in [5.74, 6) is 0.334. The van der Waals surface area contributed by atoms with Crippen molar-refractivity contribution in [2.45, 2.75) is 46.0 Å². The van der Waals surface area contributed by atoms with E-state index in [4.69, 9.17) is 5.26 Å². The van der Waals surface area contributed by atoms with Crippen molar-refractivity contribution in [3.8, 4) is 6.07 Å². The Morgan fingerprint density at radius 2 is 1.94 bits per heavy atom. The average molecular weight is 272 g/mol. The van der Waals surface area contributed by atoms with Crippen molar-refractivity contribution < 1.29 is 8.42 Å². The van der Waals surface area contributed by atoms with Gasteiger partial charge in [-0.15, -0.1) is 0 Å². The minimum atomic E-state index is -3.19. The lowest BCUT2D eigenvalue weighted by Gasteiger charge is -2.26. The Bertz CT molecular complexity index is 380. The van der Waals surface area contributed by atoms with E-state index in [1.165, 1.54) is 10.7 Å². The molecule has 0 saturated heterocycles. The average Bonchev–Trinajstić information content (AvgIpc) is 2.36. The molecule has 0 aromatic heterocycles. The fourth-order valence-electron chi connectivity index (χ4n) is 2.54. The van der Waals surface area contributed by atoms with E-state index >= 15 is 0 Å². The molecule has 0 amide bonds. The van der Waals surface area contributed by atoms with Crippen LogP contribution in [0.5, 0.6) is 0 Å². The van der Waals surface area contributed by atoms with Gasteiger partial charge in [-0.2, -0.15) is 5.26 Å². The number of nitriles is 1. The predicted molar refractivity (Wildman–Crippen MR) is 72.4 cm³/mol. The van der Waals surface area contributed by atoms with Crippen LogP contribution in [0.2, 0.25) is 0 Å². The first-order chi connectivity index (χ1) is 8.49. The monoisotopic (exact) mass is 272 g/mol. The predicted octanol–water partition coefficient (Wildman–Crippen LogP) is 2.38. The zero-order valence-corrected chi connectivity index (χ0v) is 12.2. The number of rotatable bonds is 6. The smallest absolute Gasteiger partial charge is 0.212 e. The summed E-state index contributed by atoms with van der Waals surface area (Å²) in [6.07, 6.45) is 5.61. The molecule has 0 aromatic carbocycles. The molecule has 0 radical (unpaired) electrons. The number of nitrogens with zero attached hydrogens (tertiary/aromatic N) is 2. The number of sulfonamides is 1. The third-order valence-corrected chi connectivity index (χ3v) is 5.70. The van der Waals surface area contributed by atoms with Gasteiger partial charge in [0.25, 0.3) is 0 Å². The van der Waals surface area contributed by atoms with Crippen LogP contribution in [0.15, 0.2) is 0 Å². The van der Waals surface area contributed by atoms with Crippen molar-refractivity contribution in [3.63, 3.8) is 0 Å². The number of hydrogen-bond acceptors (Lipinski definition) is 3. The van der Waals surface area contributed by atoms with Gasteiger partial charge in [0, 0.05) is 13.1 Å². The van der Waals surface area contributed by atoms with Crippen LogP contribution in [0.1, 0.15) is 46.0 Å². The normalized spacial score (nSPS) is 19.7. The highest BCUT2D eigenvalue weighted by molar-refractivity contribution is 7.89. The molecule has 1 atom stereocenters. The molecule has 0 spiro atoms. The van der Waals surface area contributed by atoms with Crippen LogP contribution in [0.25, 0.3) is 0 Å². The Hall–Kier alpha value is -0.600. The topological polar surface area (TPSA) is 61.2 Å². The minimum absolute atomic E-state index is 0.244. The molecule has 104 valence electrons. The van der Waals surface area contributed by atoms with Crippen molar-refractivity contribution in [2.24, 2.45) is 11.8 Å². The number of hydrogen-bond donors (Lipinski definition) is 0. The lowest BCUT2D eigenvalue weighted by Crippen LogP contribution is -2.38. The molecule has 4 nitrogen and oxygen atoms in total. The van der Waals surface area contributed by atoms with Crippen LogP contribution in [0, 0.1) is 23.2 Å². The van der Waals surface area contributed by atoms with Crippen molar-refractivity contribution in [1.82, 2.24) is 4.31 Å². The summed E-state index contributed by atoms with van der Waals surface area (Å²) in [5.41, 5.74) is 0. The largest absolute Gasteiger partial charge is 0.214 e. The standard InChI is InChI=1S/C13H24N2O2S/c1-3-15(10-12(2)9-14)18(16,17)11-13-7-5-4-6-8-13/h12-13H,3-8,10-11H2,1-2H3. The molecule has 1 saturated carbocycles.